The van der Waals surface area contributed by atoms with Gasteiger partial charge >= 0.3 is 0 Å². The van der Waals surface area contributed by atoms with Gasteiger partial charge in [-0.2, -0.15) is 9.78 Å². The highest BCUT2D eigenvalue weighted by Crippen LogP contribution is 2.43. The minimum absolute atomic E-state index is 0.275. The lowest BCUT2D eigenvalue weighted by molar-refractivity contribution is 0.402. The van der Waals surface area contributed by atoms with Crippen molar-refractivity contribution in [3.05, 3.63) is 75.8 Å². The maximum Gasteiger partial charge on any atom is 0.288 e. The smallest absolute Gasteiger partial charge is 0.288 e. The Balaban J connectivity index is 1.84. The lowest BCUT2D eigenvalue weighted by Crippen LogP contribution is -2.29. The molecule has 0 spiro atoms. The van der Waals surface area contributed by atoms with Crippen molar-refractivity contribution >= 4 is 11.6 Å². The minimum atomic E-state index is -0.581. The number of rotatable bonds is 3. The van der Waals surface area contributed by atoms with Crippen LogP contribution in [-0.4, -0.2) is 37.5 Å². The van der Waals surface area contributed by atoms with Crippen molar-refractivity contribution in [2.24, 2.45) is 0 Å². The molecule has 1 atom stereocenters. The molecule has 0 aliphatic carbocycles. The number of nitrogens with one attached hydrogen (secondary N) is 2. The molecule has 5 rings (SSSR count). The summed E-state index contributed by atoms with van der Waals surface area (Å²) >= 11 is 0. The normalized spacial score (nSPS) is 14.6. The van der Waals surface area contributed by atoms with E-state index in [0.29, 0.717) is 28.5 Å². The average Bonchev–Trinajstić information content (AvgIpc) is 3.22. The first-order chi connectivity index (χ1) is 14.2. The number of H-pyrrole nitrogens is 1. The molecule has 1 aliphatic rings. The molecule has 0 saturated heterocycles. The number of methoxy groups -OCH3 is 1. The minimum Gasteiger partial charge on any atom is -0.496 e. The molecular formula is C19H14FN7O2. The summed E-state index contributed by atoms with van der Waals surface area (Å²) in [5.41, 5.74) is 2.28. The quantitative estimate of drug-likeness (QED) is 0.485. The van der Waals surface area contributed by atoms with Crippen LogP contribution in [0.5, 0.6) is 5.75 Å². The van der Waals surface area contributed by atoms with Crippen molar-refractivity contribution in [2.75, 3.05) is 12.4 Å². The first kappa shape index (κ1) is 17.0. The number of hydrogen-bond donors (Lipinski definition) is 2. The third kappa shape index (κ3) is 2.64. The van der Waals surface area contributed by atoms with Gasteiger partial charge in [0, 0.05) is 16.7 Å². The van der Waals surface area contributed by atoms with Gasteiger partial charge in [-0.3, -0.25) is 4.79 Å². The summed E-state index contributed by atoms with van der Waals surface area (Å²) in [5, 5.41) is 21.5. The first-order valence-electron chi connectivity index (χ1n) is 8.73. The molecule has 29 heavy (non-hydrogen) atoms. The summed E-state index contributed by atoms with van der Waals surface area (Å²) in [6.07, 6.45) is 0. The molecule has 2 aromatic carbocycles. The highest BCUT2D eigenvalue weighted by molar-refractivity contribution is 5.75. The van der Waals surface area contributed by atoms with Crippen LogP contribution in [0.25, 0.3) is 11.3 Å². The zero-order valence-corrected chi connectivity index (χ0v) is 15.1. The number of hydrogen-bond acceptors (Lipinski definition) is 7. The maximum atomic E-state index is 13.5. The maximum absolute atomic E-state index is 13.5. The number of aromatic nitrogens is 6. The van der Waals surface area contributed by atoms with E-state index in [1.54, 1.807) is 23.9 Å². The van der Waals surface area contributed by atoms with E-state index in [4.69, 9.17) is 4.74 Å². The third-order valence-corrected chi connectivity index (χ3v) is 4.82. The van der Waals surface area contributed by atoms with Gasteiger partial charge in [0.15, 0.2) is 0 Å². The molecule has 2 aromatic heterocycles. The number of para-hydroxylation sites is 1. The molecule has 0 fully saturated rings. The Morgan fingerprint density at radius 3 is 2.72 bits per heavy atom. The largest absolute Gasteiger partial charge is 0.496 e. The Morgan fingerprint density at radius 2 is 1.93 bits per heavy atom. The summed E-state index contributed by atoms with van der Waals surface area (Å²) in [7, 11) is 1.57. The van der Waals surface area contributed by atoms with E-state index < -0.39 is 11.6 Å². The fourth-order valence-corrected chi connectivity index (χ4v) is 3.55. The summed E-state index contributed by atoms with van der Waals surface area (Å²) < 4.78 is 20.6. The van der Waals surface area contributed by atoms with Gasteiger partial charge in [0.05, 0.1) is 12.8 Å². The number of nitrogens with zero attached hydrogens (tertiary/aromatic N) is 5. The lowest BCUT2D eigenvalue weighted by atomic mass is 9.92. The number of benzene rings is 2. The van der Waals surface area contributed by atoms with E-state index in [0.717, 1.165) is 5.56 Å². The first-order valence-corrected chi connectivity index (χ1v) is 8.73. The molecule has 2 N–H and O–H groups in total. The Kier molecular flexibility index (Phi) is 3.83. The molecule has 0 saturated carbocycles. The van der Waals surface area contributed by atoms with Crippen LogP contribution in [0, 0.1) is 5.82 Å². The zero-order chi connectivity index (χ0) is 20.0. The Bertz CT molecular complexity index is 1270. The number of halogens is 1. The predicted octanol–water partition coefficient (Wildman–Crippen LogP) is 2.27. The highest BCUT2D eigenvalue weighted by atomic mass is 19.1. The van der Waals surface area contributed by atoms with Crippen LogP contribution in [0.1, 0.15) is 17.2 Å². The molecule has 4 aromatic rings. The SMILES string of the molecule is COc1ccccc1C1c2c(-c3ccc(F)cc3)n[nH]c(=O)c2Nc2nnnn21. The van der Waals surface area contributed by atoms with Crippen LogP contribution >= 0.6 is 0 Å². The second-order valence-corrected chi connectivity index (χ2v) is 6.41. The molecule has 1 unspecified atom stereocenters. The van der Waals surface area contributed by atoms with Crippen molar-refractivity contribution < 1.29 is 9.13 Å². The monoisotopic (exact) mass is 391 g/mol. The molecule has 0 bridgehead atoms. The van der Waals surface area contributed by atoms with Crippen LogP contribution in [0.4, 0.5) is 16.0 Å². The lowest BCUT2D eigenvalue weighted by Gasteiger charge is -2.28. The second kappa shape index (κ2) is 6.51. The molecule has 1 aliphatic heterocycles. The molecule has 3 heterocycles. The molecular weight excluding hydrogens is 377 g/mol. The second-order valence-electron chi connectivity index (χ2n) is 6.41. The van der Waals surface area contributed by atoms with Crippen LogP contribution in [0.2, 0.25) is 0 Å². The third-order valence-electron chi connectivity index (χ3n) is 4.82. The van der Waals surface area contributed by atoms with E-state index in [1.807, 2.05) is 24.3 Å². The van der Waals surface area contributed by atoms with Gasteiger partial charge in [0.1, 0.15) is 23.3 Å². The van der Waals surface area contributed by atoms with Gasteiger partial charge in [-0.25, -0.2) is 9.49 Å². The van der Waals surface area contributed by atoms with Gasteiger partial charge in [0.2, 0.25) is 5.95 Å². The van der Waals surface area contributed by atoms with E-state index in [9.17, 15) is 9.18 Å². The average molecular weight is 391 g/mol. The van der Waals surface area contributed by atoms with Gasteiger partial charge < -0.3 is 10.1 Å². The molecule has 0 amide bonds. The van der Waals surface area contributed by atoms with Crippen LogP contribution in [0.3, 0.4) is 0 Å². The summed E-state index contributed by atoms with van der Waals surface area (Å²) in [5.74, 6) is 0.557. The molecule has 10 heteroatoms. The van der Waals surface area contributed by atoms with Crippen molar-refractivity contribution in [1.82, 2.24) is 30.4 Å². The summed E-state index contributed by atoms with van der Waals surface area (Å²) in [6, 6.07) is 12.7. The van der Waals surface area contributed by atoms with E-state index in [1.165, 1.54) is 12.1 Å². The zero-order valence-electron chi connectivity index (χ0n) is 15.1. The van der Waals surface area contributed by atoms with Crippen molar-refractivity contribution in [3.63, 3.8) is 0 Å². The van der Waals surface area contributed by atoms with E-state index in [-0.39, 0.29) is 11.5 Å². The van der Waals surface area contributed by atoms with Crippen LogP contribution < -0.4 is 15.6 Å². The Morgan fingerprint density at radius 1 is 1.14 bits per heavy atom. The predicted molar refractivity (Wildman–Crippen MR) is 102 cm³/mol. The number of anilines is 2. The van der Waals surface area contributed by atoms with Crippen molar-refractivity contribution in [1.29, 1.82) is 0 Å². The van der Waals surface area contributed by atoms with Crippen molar-refractivity contribution in [3.8, 4) is 17.0 Å². The number of tetrazole rings is 1. The molecule has 144 valence electrons. The van der Waals surface area contributed by atoms with Crippen LogP contribution in [-0.2, 0) is 0 Å². The summed E-state index contributed by atoms with van der Waals surface area (Å²) in [4.78, 5) is 12.6. The van der Waals surface area contributed by atoms with Gasteiger partial charge in [0.25, 0.3) is 5.56 Å². The van der Waals surface area contributed by atoms with E-state index >= 15 is 0 Å². The standard InChI is InChI=1S/C19H14FN7O2/c1-29-13-5-3-2-4-12(13)17-14-15(10-6-8-11(20)9-7-10)22-23-18(28)16(14)21-19-24-25-26-27(17)19/h2-9,17H,1H3,(H,23,28)(H,21,24,26). The number of ether oxygens (including phenoxy) is 1. The van der Waals surface area contributed by atoms with Crippen LogP contribution in [0.15, 0.2) is 53.3 Å². The van der Waals surface area contributed by atoms with Crippen molar-refractivity contribution in [2.45, 2.75) is 6.04 Å². The fourth-order valence-electron chi connectivity index (χ4n) is 3.55. The molecule has 0 radical (unpaired) electrons. The Hall–Kier alpha value is -4.08. The highest BCUT2D eigenvalue weighted by Gasteiger charge is 2.35. The summed E-state index contributed by atoms with van der Waals surface area (Å²) in [6.45, 7) is 0. The van der Waals surface area contributed by atoms with E-state index in [2.05, 4.69) is 31.0 Å². The Labute approximate surface area is 163 Å². The van der Waals surface area contributed by atoms with Gasteiger partial charge in [-0.15, -0.1) is 0 Å². The van der Waals surface area contributed by atoms with Gasteiger partial charge in [-0.05, 0) is 40.8 Å². The topological polar surface area (TPSA) is 111 Å². The fraction of sp³-hybridized carbons (Fsp3) is 0.105. The number of fused-ring (bicyclic) bond motifs is 2. The van der Waals surface area contributed by atoms with Gasteiger partial charge in [-0.1, -0.05) is 23.3 Å². The number of aromatic amines is 1. The molecule has 9 nitrogen and oxygen atoms in total.